The van der Waals surface area contributed by atoms with E-state index in [-0.39, 0.29) is 27.8 Å². The number of hydrogen-bond acceptors (Lipinski definition) is 8. The first-order valence-corrected chi connectivity index (χ1v) is 15.0. The van der Waals surface area contributed by atoms with Crippen LogP contribution in [-0.2, 0) is 29.6 Å². The van der Waals surface area contributed by atoms with Gasteiger partial charge >= 0.3 is 5.97 Å². The molecule has 0 atom stereocenters. The normalized spacial score (nSPS) is 11.6. The number of carbonyl (C=O) groups excluding carboxylic acids is 1. The zero-order valence-corrected chi connectivity index (χ0v) is 23.7. The van der Waals surface area contributed by atoms with E-state index >= 15 is 0 Å². The molecule has 0 aliphatic rings. The van der Waals surface area contributed by atoms with Crippen molar-refractivity contribution in [2.75, 3.05) is 36.4 Å². The molecule has 0 amide bonds. The molecule has 0 unspecified atom stereocenters. The predicted octanol–water partition coefficient (Wildman–Crippen LogP) is 4.42. The molecule has 0 spiro atoms. The SMILES string of the molecule is CCOC(=O)CN(c1ccc(NS(=O)(=O)c2ccc(OC)cc2)c2ccccc12)S(=O)(=O)c1ccc(OC)cc1. The summed E-state index contributed by atoms with van der Waals surface area (Å²) in [5.74, 6) is 0.233. The second-order valence-corrected chi connectivity index (χ2v) is 12.0. The van der Waals surface area contributed by atoms with Gasteiger partial charge in [-0.3, -0.25) is 13.8 Å². The van der Waals surface area contributed by atoms with Gasteiger partial charge in [-0.15, -0.1) is 0 Å². The van der Waals surface area contributed by atoms with E-state index in [1.807, 2.05) is 0 Å². The monoisotopic (exact) mass is 584 g/mol. The number of hydrogen-bond donors (Lipinski definition) is 1. The highest BCUT2D eigenvalue weighted by Crippen LogP contribution is 2.36. The van der Waals surface area contributed by atoms with E-state index in [0.29, 0.717) is 22.3 Å². The molecule has 0 bridgehead atoms. The van der Waals surface area contributed by atoms with Crippen LogP contribution in [0.5, 0.6) is 11.5 Å². The average molecular weight is 585 g/mol. The first kappa shape index (κ1) is 28.7. The van der Waals surface area contributed by atoms with Gasteiger partial charge in [-0.25, -0.2) is 16.8 Å². The summed E-state index contributed by atoms with van der Waals surface area (Å²) in [4.78, 5) is 12.5. The van der Waals surface area contributed by atoms with Crippen molar-refractivity contribution in [3.63, 3.8) is 0 Å². The number of benzene rings is 4. The number of nitrogens with zero attached hydrogens (tertiary/aromatic N) is 1. The maximum Gasteiger partial charge on any atom is 0.326 e. The molecular weight excluding hydrogens is 556 g/mol. The highest BCUT2D eigenvalue weighted by Gasteiger charge is 2.30. The summed E-state index contributed by atoms with van der Waals surface area (Å²) in [6.07, 6.45) is 0. The first-order valence-electron chi connectivity index (χ1n) is 12.1. The number of rotatable bonds is 11. The number of fused-ring (bicyclic) bond motifs is 1. The molecule has 1 N–H and O–H groups in total. The van der Waals surface area contributed by atoms with Crippen molar-refractivity contribution in [1.82, 2.24) is 0 Å². The van der Waals surface area contributed by atoms with Crippen molar-refractivity contribution in [3.05, 3.63) is 84.9 Å². The van der Waals surface area contributed by atoms with Crippen molar-refractivity contribution in [2.45, 2.75) is 16.7 Å². The van der Waals surface area contributed by atoms with Crippen molar-refractivity contribution in [2.24, 2.45) is 0 Å². The van der Waals surface area contributed by atoms with E-state index in [2.05, 4.69) is 4.72 Å². The van der Waals surface area contributed by atoms with Crippen LogP contribution in [0.3, 0.4) is 0 Å². The zero-order valence-electron chi connectivity index (χ0n) is 22.0. The van der Waals surface area contributed by atoms with Crippen LogP contribution >= 0.6 is 0 Å². The van der Waals surface area contributed by atoms with Gasteiger partial charge in [0.25, 0.3) is 20.0 Å². The fourth-order valence-corrected chi connectivity index (χ4v) is 6.55. The van der Waals surface area contributed by atoms with Gasteiger partial charge in [0.15, 0.2) is 0 Å². The Morgan fingerprint density at radius 3 is 1.85 bits per heavy atom. The molecular formula is C28H28N2O8S2. The third kappa shape index (κ3) is 5.97. The minimum absolute atomic E-state index is 0.0208. The lowest BCUT2D eigenvalue weighted by molar-refractivity contribution is -0.141. The summed E-state index contributed by atoms with van der Waals surface area (Å²) >= 11 is 0. The second kappa shape index (κ2) is 11.8. The third-order valence-corrected chi connectivity index (χ3v) is 9.16. The third-order valence-electron chi connectivity index (χ3n) is 6.01. The Hall–Kier alpha value is -4.29. The molecule has 0 radical (unpaired) electrons. The van der Waals surface area contributed by atoms with E-state index < -0.39 is 32.6 Å². The van der Waals surface area contributed by atoms with Crippen LogP contribution < -0.4 is 18.5 Å². The highest BCUT2D eigenvalue weighted by atomic mass is 32.2. The molecule has 0 heterocycles. The van der Waals surface area contributed by atoms with Crippen LogP contribution in [0.2, 0.25) is 0 Å². The topological polar surface area (TPSA) is 128 Å². The Kier molecular flexibility index (Phi) is 8.50. The quantitative estimate of drug-likeness (QED) is 0.257. The van der Waals surface area contributed by atoms with Gasteiger partial charge < -0.3 is 14.2 Å². The Morgan fingerprint density at radius 1 is 0.750 bits per heavy atom. The minimum atomic E-state index is -4.26. The molecule has 0 aromatic heterocycles. The van der Waals surface area contributed by atoms with Gasteiger partial charge in [0.2, 0.25) is 0 Å². The fourth-order valence-electron chi connectivity index (χ4n) is 4.05. The van der Waals surface area contributed by atoms with Crippen molar-refractivity contribution < 1.29 is 35.8 Å². The fraction of sp³-hybridized carbons (Fsp3) is 0.179. The minimum Gasteiger partial charge on any atom is -0.497 e. The lowest BCUT2D eigenvalue weighted by Gasteiger charge is -2.26. The van der Waals surface area contributed by atoms with E-state index in [0.717, 1.165) is 4.31 Å². The van der Waals surface area contributed by atoms with Crippen LogP contribution in [0.1, 0.15) is 6.92 Å². The van der Waals surface area contributed by atoms with Crippen molar-refractivity contribution in [3.8, 4) is 11.5 Å². The average Bonchev–Trinajstić information content (AvgIpc) is 2.96. The Morgan fingerprint density at radius 2 is 1.30 bits per heavy atom. The van der Waals surface area contributed by atoms with Crippen molar-refractivity contribution >= 4 is 48.2 Å². The number of esters is 1. The molecule has 0 saturated heterocycles. The first-order chi connectivity index (χ1) is 19.1. The molecule has 40 heavy (non-hydrogen) atoms. The maximum absolute atomic E-state index is 13.8. The molecule has 4 aromatic carbocycles. The molecule has 0 aliphatic carbocycles. The van der Waals surface area contributed by atoms with Crippen LogP contribution in [0, 0.1) is 0 Å². The summed E-state index contributed by atoms with van der Waals surface area (Å²) in [6.45, 7) is 1.10. The number of carbonyl (C=O) groups is 1. The van der Waals surface area contributed by atoms with Crippen LogP contribution in [0.15, 0.2) is 94.7 Å². The predicted molar refractivity (Wildman–Crippen MR) is 152 cm³/mol. The summed E-state index contributed by atoms with van der Waals surface area (Å²) in [5, 5.41) is 0.828. The zero-order chi connectivity index (χ0) is 28.9. The Bertz CT molecular complexity index is 1720. The van der Waals surface area contributed by atoms with Crippen LogP contribution in [0.25, 0.3) is 10.8 Å². The largest absolute Gasteiger partial charge is 0.497 e. The summed E-state index contributed by atoms with van der Waals surface area (Å²) in [5.41, 5.74) is 0.403. The highest BCUT2D eigenvalue weighted by molar-refractivity contribution is 7.93. The van der Waals surface area contributed by atoms with E-state index in [4.69, 9.17) is 14.2 Å². The smallest absolute Gasteiger partial charge is 0.326 e. The number of methoxy groups -OCH3 is 2. The Balaban J connectivity index is 1.81. The lowest BCUT2D eigenvalue weighted by Crippen LogP contribution is -2.36. The molecule has 0 aliphatic heterocycles. The Labute approximate surface area is 233 Å². The van der Waals surface area contributed by atoms with Gasteiger partial charge in [-0.2, -0.15) is 0 Å². The second-order valence-electron chi connectivity index (χ2n) is 8.45. The standard InChI is InChI=1S/C28H28N2O8S2/c1-4-38-28(31)19-30(40(34,35)23-15-11-21(37-3)12-16-23)27-18-17-26(24-7-5-6-8-25(24)27)29-39(32,33)22-13-9-20(36-2)10-14-22/h5-18,29H,4,19H2,1-3H3. The molecule has 0 fully saturated rings. The number of nitrogens with one attached hydrogen (secondary N) is 1. The number of sulfonamides is 2. The van der Waals surface area contributed by atoms with Crippen molar-refractivity contribution in [1.29, 1.82) is 0 Å². The summed E-state index contributed by atoms with van der Waals surface area (Å²) in [7, 11) is -5.30. The van der Waals surface area contributed by atoms with Gasteiger partial charge in [0.1, 0.15) is 18.0 Å². The van der Waals surface area contributed by atoms with E-state index in [1.54, 1.807) is 31.2 Å². The molecule has 10 nitrogen and oxygen atoms in total. The molecule has 4 aromatic rings. The number of anilines is 2. The molecule has 12 heteroatoms. The molecule has 210 valence electrons. The number of ether oxygens (including phenoxy) is 3. The van der Waals surface area contributed by atoms with Gasteiger partial charge in [0.05, 0.1) is 42.0 Å². The lowest BCUT2D eigenvalue weighted by atomic mass is 10.1. The van der Waals surface area contributed by atoms with E-state index in [9.17, 15) is 21.6 Å². The van der Waals surface area contributed by atoms with Gasteiger partial charge in [0, 0.05) is 10.8 Å². The molecule has 0 saturated carbocycles. The van der Waals surface area contributed by atoms with Crippen LogP contribution in [-0.4, -0.2) is 50.2 Å². The molecule has 4 rings (SSSR count). The van der Waals surface area contributed by atoms with Gasteiger partial charge in [-0.1, -0.05) is 24.3 Å². The van der Waals surface area contributed by atoms with Gasteiger partial charge in [-0.05, 0) is 67.6 Å². The maximum atomic E-state index is 13.8. The summed E-state index contributed by atoms with van der Waals surface area (Å²) < 4.78 is 72.8. The van der Waals surface area contributed by atoms with E-state index in [1.165, 1.54) is 74.9 Å². The summed E-state index contributed by atoms with van der Waals surface area (Å²) in [6, 6.07) is 21.3. The van der Waals surface area contributed by atoms with Crippen LogP contribution in [0.4, 0.5) is 11.4 Å².